The van der Waals surface area contributed by atoms with Crippen molar-refractivity contribution in [2.45, 2.75) is 20.2 Å². The minimum absolute atomic E-state index is 0. The summed E-state index contributed by atoms with van der Waals surface area (Å²) in [6.07, 6.45) is 1.98. The smallest absolute Gasteiger partial charge is 0.143 e. The van der Waals surface area contributed by atoms with Crippen LogP contribution in [0.2, 0.25) is 0 Å². The third kappa shape index (κ3) is 5.74. The average molecular weight is 789 g/mol. The molecule has 231 valence electrons. The van der Waals surface area contributed by atoms with Crippen molar-refractivity contribution in [1.82, 2.24) is 9.97 Å². The summed E-state index contributed by atoms with van der Waals surface area (Å²) in [4.78, 5) is 8.78. The van der Waals surface area contributed by atoms with Gasteiger partial charge in [0.15, 0.2) is 0 Å². The monoisotopic (exact) mass is 789 g/mol. The molecule has 4 nitrogen and oxygen atoms in total. The van der Waals surface area contributed by atoms with Crippen molar-refractivity contribution >= 4 is 54.6 Å². The Morgan fingerprint density at radius 3 is 2.02 bits per heavy atom. The molecule has 0 atom stereocenters. The minimum Gasteiger partial charge on any atom is -0.500 e. The summed E-state index contributed by atoms with van der Waals surface area (Å²) in [6, 6.07) is 44.0. The average Bonchev–Trinajstić information content (AvgIpc) is 3.72. The Morgan fingerprint density at radius 1 is 0.617 bits per heavy atom. The number of furan rings is 2. The Kier molecular flexibility index (Phi) is 7.76. The minimum atomic E-state index is -1.46. The summed E-state index contributed by atoms with van der Waals surface area (Å²) in [5.41, 5.74) is 7.19. The fourth-order valence-corrected chi connectivity index (χ4v) is 6.04. The summed E-state index contributed by atoms with van der Waals surface area (Å²) in [5.74, 6) is -0.167. The molecule has 4 aromatic heterocycles. The molecular formula is C42H30IrN2O2-2. The van der Waals surface area contributed by atoms with Gasteiger partial charge < -0.3 is 18.8 Å². The van der Waals surface area contributed by atoms with Crippen molar-refractivity contribution in [2.75, 3.05) is 0 Å². The van der Waals surface area contributed by atoms with Crippen LogP contribution in [0.15, 0.2) is 136 Å². The van der Waals surface area contributed by atoms with E-state index in [-0.39, 0.29) is 26.0 Å². The van der Waals surface area contributed by atoms with E-state index >= 15 is 0 Å². The van der Waals surface area contributed by atoms with Crippen LogP contribution in [0.25, 0.3) is 77.2 Å². The molecule has 0 fully saturated rings. The van der Waals surface area contributed by atoms with Crippen LogP contribution in [0.4, 0.5) is 0 Å². The van der Waals surface area contributed by atoms with E-state index in [1.54, 1.807) is 18.5 Å². The Bertz CT molecular complexity index is 2540. The summed E-state index contributed by atoms with van der Waals surface area (Å²) in [6.45, 7) is 3.77. The van der Waals surface area contributed by atoms with Crippen molar-refractivity contribution in [2.24, 2.45) is 5.92 Å². The number of fused-ring (bicyclic) bond motifs is 9. The molecule has 0 N–H and O–H groups in total. The summed E-state index contributed by atoms with van der Waals surface area (Å²) >= 11 is 0. The Labute approximate surface area is 289 Å². The van der Waals surface area contributed by atoms with Gasteiger partial charge in [-0.05, 0) is 60.1 Å². The Balaban J connectivity index is 0.000000246. The molecule has 0 saturated heterocycles. The van der Waals surface area contributed by atoms with E-state index < -0.39 is 6.37 Å². The van der Waals surface area contributed by atoms with E-state index in [2.05, 4.69) is 52.4 Å². The zero-order valence-electron chi connectivity index (χ0n) is 27.7. The zero-order valence-corrected chi connectivity index (χ0v) is 28.1. The fourth-order valence-electron chi connectivity index (χ4n) is 6.04. The van der Waals surface area contributed by atoms with Crippen LogP contribution in [0, 0.1) is 18.1 Å². The first-order valence-corrected chi connectivity index (χ1v) is 15.3. The van der Waals surface area contributed by atoms with Crippen molar-refractivity contribution in [3.63, 3.8) is 0 Å². The van der Waals surface area contributed by atoms with Gasteiger partial charge in [-0.15, -0.1) is 54.1 Å². The standard InChI is InChI=1S/C31H22NO2.C11H8N.Ir/c1-18(2)16-19-14-15-32-27(17-19)26-8-5-7-21-23-12-13-24-25(30(23)34-31(21)26)11-10-22-20-6-3-4-9-28(20)33-29(22)24;1-2-6-10(7-3-1)11-8-4-5-9-12-11;/h3-7,9-15,17-18H,16H2,1-2H3;1-6,8-9H;/q2*-1;/i16D2;;. The predicted molar refractivity (Wildman–Crippen MR) is 188 cm³/mol. The zero-order chi connectivity index (χ0) is 32.8. The molecule has 0 unspecified atom stereocenters. The van der Waals surface area contributed by atoms with Gasteiger partial charge in [0.1, 0.15) is 16.7 Å². The molecular weight excluding hydrogens is 757 g/mol. The quantitative estimate of drug-likeness (QED) is 0.167. The maximum absolute atomic E-state index is 8.52. The van der Waals surface area contributed by atoms with Crippen LogP contribution in [0.1, 0.15) is 22.2 Å². The van der Waals surface area contributed by atoms with Gasteiger partial charge in [0.25, 0.3) is 0 Å². The van der Waals surface area contributed by atoms with Gasteiger partial charge in [0, 0.05) is 62.2 Å². The van der Waals surface area contributed by atoms with E-state index in [0.717, 1.165) is 65.9 Å². The summed E-state index contributed by atoms with van der Waals surface area (Å²) in [7, 11) is 0. The third-order valence-corrected chi connectivity index (χ3v) is 8.06. The van der Waals surface area contributed by atoms with E-state index in [1.165, 1.54) is 0 Å². The molecule has 5 heteroatoms. The van der Waals surface area contributed by atoms with Gasteiger partial charge in [0.2, 0.25) is 0 Å². The topological polar surface area (TPSA) is 52.1 Å². The fraction of sp³-hybridized carbons (Fsp3) is 0.0952. The molecule has 9 aromatic rings. The van der Waals surface area contributed by atoms with Gasteiger partial charge in [-0.3, -0.25) is 0 Å². The molecule has 4 heterocycles. The maximum Gasteiger partial charge on any atom is 0.143 e. The Hall–Kier alpha value is -5.09. The molecule has 47 heavy (non-hydrogen) atoms. The second-order valence-electron chi connectivity index (χ2n) is 11.5. The number of para-hydroxylation sites is 1. The van der Waals surface area contributed by atoms with Gasteiger partial charge >= 0.3 is 0 Å². The maximum atomic E-state index is 8.52. The van der Waals surface area contributed by atoms with Crippen LogP contribution in [-0.4, -0.2) is 9.97 Å². The number of aromatic nitrogens is 2. The molecule has 0 aliphatic rings. The van der Waals surface area contributed by atoms with Crippen molar-refractivity contribution < 1.29 is 31.7 Å². The molecule has 0 amide bonds. The van der Waals surface area contributed by atoms with Crippen molar-refractivity contribution in [3.8, 4) is 22.5 Å². The second kappa shape index (κ2) is 13.0. The molecule has 1 radical (unpaired) electrons. The molecule has 0 spiro atoms. The largest absolute Gasteiger partial charge is 0.500 e. The van der Waals surface area contributed by atoms with E-state index in [4.69, 9.17) is 11.6 Å². The number of hydrogen-bond acceptors (Lipinski definition) is 4. The first kappa shape index (κ1) is 28.2. The van der Waals surface area contributed by atoms with E-state index in [0.29, 0.717) is 16.8 Å². The van der Waals surface area contributed by atoms with Gasteiger partial charge in [-0.2, -0.15) is 0 Å². The summed E-state index contributed by atoms with van der Waals surface area (Å²) in [5, 5.41) is 6.16. The van der Waals surface area contributed by atoms with Gasteiger partial charge in [0.05, 0.1) is 5.58 Å². The van der Waals surface area contributed by atoms with Crippen LogP contribution < -0.4 is 0 Å². The van der Waals surface area contributed by atoms with E-state index in [1.807, 2.05) is 92.7 Å². The molecule has 0 bridgehead atoms. The molecule has 9 rings (SSSR count). The predicted octanol–water partition coefficient (Wildman–Crippen LogP) is 11.2. The first-order chi connectivity index (χ1) is 23.4. The number of hydrogen-bond donors (Lipinski definition) is 0. The van der Waals surface area contributed by atoms with Crippen LogP contribution in [0.3, 0.4) is 0 Å². The molecule has 5 aromatic carbocycles. The van der Waals surface area contributed by atoms with E-state index in [9.17, 15) is 0 Å². The van der Waals surface area contributed by atoms with Crippen LogP contribution >= 0.6 is 0 Å². The first-order valence-electron chi connectivity index (χ1n) is 16.3. The number of nitrogens with zero attached hydrogens (tertiary/aromatic N) is 2. The molecule has 0 aliphatic heterocycles. The third-order valence-electron chi connectivity index (χ3n) is 8.06. The summed E-state index contributed by atoms with van der Waals surface area (Å²) < 4.78 is 29.8. The van der Waals surface area contributed by atoms with Crippen LogP contribution in [0.5, 0.6) is 0 Å². The van der Waals surface area contributed by atoms with Gasteiger partial charge in [-0.25, -0.2) is 0 Å². The molecule has 0 aliphatic carbocycles. The van der Waals surface area contributed by atoms with Crippen molar-refractivity contribution in [1.29, 1.82) is 0 Å². The van der Waals surface area contributed by atoms with Crippen LogP contribution in [-0.2, 0) is 26.5 Å². The number of pyridine rings is 2. The Morgan fingerprint density at radius 2 is 1.30 bits per heavy atom. The number of benzene rings is 5. The normalized spacial score (nSPS) is 12.2. The molecule has 0 saturated carbocycles. The van der Waals surface area contributed by atoms with Crippen molar-refractivity contribution in [3.05, 3.63) is 145 Å². The second-order valence-corrected chi connectivity index (χ2v) is 11.5. The van der Waals surface area contributed by atoms with Gasteiger partial charge in [-0.1, -0.05) is 72.8 Å². The number of rotatable bonds is 4. The SMILES string of the molecule is [2H]C([2H])(c1ccnc(-c2[c-]ccc3c2oc2c3ccc3c2ccc2c4ccccc4oc23)c1)C(C)C.[Ir].[c-]1ccccc1-c1ccccn1.